The van der Waals surface area contributed by atoms with Crippen molar-refractivity contribution in [2.24, 2.45) is 5.92 Å². The summed E-state index contributed by atoms with van der Waals surface area (Å²) in [6.45, 7) is 3.52. The molecule has 1 saturated heterocycles. The summed E-state index contributed by atoms with van der Waals surface area (Å²) >= 11 is 1.77. The number of aryl methyl sites for hydroxylation is 1. The van der Waals surface area contributed by atoms with Gasteiger partial charge in [-0.3, -0.25) is 0 Å². The normalized spacial score (nSPS) is 27.8. The number of thiazole rings is 1. The highest BCUT2D eigenvalue weighted by molar-refractivity contribution is 7.09. The van der Waals surface area contributed by atoms with Crippen LogP contribution in [0.3, 0.4) is 0 Å². The van der Waals surface area contributed by atoms with E-state index in [0.717, 1.165) is 18.4 Å². The van der Waals surface area contributed by atoms with Crippen LogP contribution in [0.15, 0.2) is 11.6 Å². The van der Waals surface area contributed by atoms with Crippen LogP contribution < -0.4 is 5.32 Å². The summed E-state index contributed by atoms with van der Waals surface area (Å²) in [6, 6.07) is 0.732. The monoisotopic (exact) mass is 210 g/mol. The number of nitrogens with one attached hydrogen (secondary N) is 1. The smallest absolute Gasteiger partial charge is 0.0925 e. The molecule has 1 aliphatic heterocycles. The molecule has 0 radical (unpaired) electrons. The topological polar surface area (TPSA) is 24.9 Å². The van der Waals surface area contributed by atoms with Gasteiger partial charge in [-0.05, 0) is 31.7 Å². The quantitative estimate of drug-likeness (QED) is 0.829. The Bertz CT molecular complexity index is 250. The summed E-state index contributed by atoms with van der Waals surface area (Å²) < 4.78 is 0. The Morgan fingerprint density at radius 1 is 1.57 bits per heavy atom. The molecule has 2 rings (SSSR count). The van der Waals surface area contributed by atoms with Crippen LogP contribution in [0.4, 0.5) is 0 Å². The lowest BCUT2D eigenvalue weighted by Crippen LogP contribution is -2.38. The molecule has 1 aliphatic rings. The Kier molecular flexibility index (Phi) is 3.54. The van der Waals surface area contributed by atoms with Crippen LogP contribution in [0.5, 0.6) is 0 Å². The molecule has 1 aromatic rings. The first kappa shape index (κ1) is 10.1. The molecular formula is C11H18N2S. The van der Waals surface area contributed by atoms with Crippen LogP contribution >= 0.6 is 11.3 Å². The Morgan fingerprint density at radius 3 is 3.14 bits per heavy atom. The first-order chi connectivity index (χ1) is 6.84. The molecule has 2 heterocycles. The summed E-state index contributed by atoms with van der Waals surface area (Å²) in [4.78, 5) is 4.31. The van der Waals surface area contributed by atoms with E-state index in [1.54, 1.807) is 11.3 Å². The van der Waals surface area contributed by atoms with Gasteiger partial charge in [-0.15, -0.1) is 11.3 Å². The van der Waals surface area contributed by atoms with Crippen LogP contribution in [0, 0.1) is 5.92 Å². The molecule has 78 valence electrons. The molecule has 0 amide bonds. The molecule has 1 aromatic heterocycles. The van der Waals surface area contributed by atoms with E-state index in [0.29, 0.717) is 0 Å². The van der Waals surface area contributed by atoms with Gasteiger partial charge in [0.05, 0.1) is 5.01 Å². The number of aromatic nitrogens is 1. The molecule has 14 heavy (non-hydrogen) atoms. The minimum Gasteiger partial charge on any atom is -0.314 e. The van der Waals surface area contributed by atoms with Crippen molar-refractivity contribution in [1.29, 1.82) is 0 Å². The van der Waals surface area contributed by atoms with Gasteiger partial charge in [0, 0.05) is 24.0 Å². The van der Waals surface area contributed by atoms with Crippen molar-refractivity contribution in [3.05, 3.63) is 16.6 Å². The standard InChI is InChI=1S/C11H18N2S/c1-9-2-3-10(13-8-9)4-5-11-12-6-7-14-11/h6-7,9-10,13H,2-5,8H2,1H3. The molecule has 0 bridgehead atoms. The van der Waals surface area contributed by atoms with Crippen molar-refractivity contribution in [2.45, 2.75) is 38.6 Å². The van der Waals surface area contributed by atoms with E-state index in [1.165, 1.54) is 30.8 Å². The molecule has 1 fully saturated rings. The predicted molar refractivity (Wildman–Crippen MR) is 60.6 cm³/mol. The molecule has 1 N–H and O–H groups in total. The van der Waals surface area contributed by atoms with E-state index in [1.807, 2.05) is 6.20 Å². The highest BCUT2D eigenvalue weighted by Crippen LogP contribution is 2.17. The molecule has 3 heteroatoms. The third-order valence-corrected chi connectivity index (χ3v) is 3.79. The second-order valence-corrected chi connectivity index (χ2v) is 5.23. The van der Waals surface area contributed by atoms with Gasteiger partial charge >= 0.3 is 0 Å². The fourth-order valence-corrected chi connectivity index (χ4v) is 2.61. The maximum Gasteiger partial charge on any atom is 0.0925 e. The zero-order valence-corrected chi connectivity index (χ0v) is 9.52. The van der Waals surface area contributed by atoms with Crippen molar-refractivity contribution in [2.75, 3.05) is 6.54 Å². The maximum atomic E-state index is 4.31. The third-order valence-electron chi connectivity index (χ3n) is 2.95. The average Bonchev–Trinajstić information content (AvgIpc) is 2.70. The van der Waals surface area contributed by atoms with E-state index in [4.69, 9.17) is 0 Å². The molecule has 2 nitrogen and oxygen atoms in total. The molecule has 0 spiro atoms. The van der Waals surface area contributed by atoms with Gasteiger partial charge in [-0.1, -0.05) is 6.92 Å². The van der Waals surface area contributed by atoms with Crippen LogP contribution in [0.1, 0.15) is 31.2 Å². The van der Waals surface area contributed by atoms with E-state index in [2.05, 4.69) is 22.6 Å². The highest BCUT2D eigenvalue weighted by atomic mass is 32.1. The molecule has 0 aliphatic carbocycles. The van der Waals surface area contributed by atoms with Crippen molar-refractivity contribution in [3.63, 3.8) is 0 Å². The minimum absolute atomic E-state index is 0.732. The van der Waals surface area contributed by atoms with Gasteiger partial charge in [0.1, 0.15) is 0 Å². The number of hydrogen-bond acceptors (Lipinski definition) is 3. The predicted octanol–water partition coefficient (Wildman–Crippen LogP) is 2.46. The SMILES string of the molecule is CC1CCC(CCc2nccs2)NC1. The van der Waals surface area contributed by atoms with Crippen molar-refractivity contribution >= 4 is 11.3 Å². The number of hydrogen-bond donors (Lipinski definition) is 1. The van der Waals surface area contributed by atoms with Crippen LogP contribution in [0.25, 0.3) is 0 Å². The average molecular weight is 210 g/mol. The second-order valence-electron chi connectivity index (χ2n) is 4.25. The Labute approximate surface area is 89.8 Å². The Hall–Kier alpha value is -0.410. The van der Waals surface area contributed by atoms with Crippen LogP contribution in [0.2, 0.25) is 0 Å². The second kappa shape index (κ2) is 4.89. The van der Waals surface area contributed by atoms with Gasteiger partial charge in [0.2, 0.25) is 0 Å². The van der Waals surface area contributed by atoms with Gasteiger partial charge in [0.15, 0.2) is 0 Å². The first-order valence-corrected chi connectivity index (χ1v) is 6.34. The van der Waals surface area contributed by atoms with Gasteiger partial charge < -0.3 is 5.32 Å². The number of piperidine rings is 1. The molecular weight excluding hydrogens is 192 g/mol. The van der Waals surface area contributed by atoms with Gasteiger partial charge in [-0.25, -0.2) is 4.98 Å². The van der Waals surface area contributed by atoms with E-state index in [-0.39, 0.29) is 0 Å². The summed E-state index contributed by atoms with van der Waals surface area (Å²) in [6.07, 6.45) is 7.02. The van der Waals surface area contributed by atoms with E-state index < -0.39 is 0 Å². The first-order valence-electron chi connectivity index (χ1n) is 5.46. The van der Waals surface area contributed by atoms with Crippen LogP contribution in [-0.2, 0) is 6.42 Å². The number of rotatable bonds is 3. The third kappa shape index (κ3) is 2.79. The fraction of sp³-hybridized carbons (Fsp3) is 0.727. The fourth-order valence-electron chi connectivity index (χ4n) is 1.98. The van der Waals surface area contributed by atoms with Gasteiger partial charge in [0.25, 0.3) is 0 Å². The zero-order chi connectivity index (χ0) is 9.80. The maximum absolute atomic E-state index is 4.31. The number of nitrogens with zero attached hydrogens (tertiary/aromatic N) is 1. The molecule has 2 unspecified atom stereocenters. The molecule has 2 atom stereocenters. The Morgan fingerprint density at radius 2 is 2.50 bits per heavy atom. The van der Waals surface area contributed by atoms with E-state index >= 15 is 0 Å². The minimum atomic E-state index is 0.732. The Balaban J connectivity index is 1.71. The lowest BCUT2D eigenvalue weighted by molar-refractivity contribution is 0.316. The summed E-state index contributed by atoms with van der Waals surface area (Å²) in [5.41, 5.74) is 0. The van der Waals surface area contributed by atoms with Crippen molar-refractivity contribution in [3.8, 4) is 0 Å². The zero-order valence-electron chi connectivity index (χ0n) is 8.70. The van der Waals surface area contributed by atoms with Gasteiger partial charge in [-0.2, -0.15) is 0 Å². The van der Waals surface area contributed by atoms with Crippen molar-refractivity contribution < 1.29 is 0 Å². The van der Waals surface area contributed by atoms with Crippen molar-refractivity contribution in [1.82, 2.24) is 10.3 Å². The summed E-state index contributed by atoms with van der Waals surface area (Å²) in [5, 5.41) is 6.95. The lowest BCUT2D eigenvalue weighted by Gasteiger charge is -2.27. The highest BCUT2D eigenvalue weighted by Gasteiger charge is 2.17. The summed E-state index contributed by atoms with van der Waals surface area (Å²) in [5.74, 6) is 0.867. The van der Waals surface area contributed by atoms with E-state index in [9.17, 15) is 0 Å². The largest absolute Gasteiger partial charge is 0.314 e. The lowest BCUT2D eigenvalue weighted by atomic mass is 9.94. The molecule has 0 saturated carbocycles. The summed E-state index contributed by atoms with van der Waals surface area (Å²) in [7, 11) is 0. The molecule has 0 aromatic carbocycles. The van der Waals surface area contributed by atoms with Crippen LogP contribution in [-0.4, -0.2) is 17.6 Å².